The normalized spacial score (nSPS) is 30.5. The fourth-order valence-electron chi connectivity index (χ4n) is 1.16. The van der Waals surface area contributed by atoms with Gasteiger partial charge >= 0.3 is 9.05 Å². The first-order chi connectivity index (χ1) is 5.41. The van der Waals surface area contributed by atoms with Crippen LogP contribution < -0.4 is 0 Å². The van der Waals surface area contributed by atoms with Gasteiger partial charge in [0, 0.05) is 26.4 Å². The summed E-state index contributed by atoms with van der Waals surface area (Å²) in [4.78, 5) is 0. The lowest BCUT2D eigenvalue weighted by molar-refractivity contribution is -0.0828. The first-order valence-corrected chi connectivity index (χ1v) is 5.60. The molecule has 11 heavy (non-hydrogen) atoms. The Bertz CT molecular complexity index is 109. The first-order valence-electron chi connectivity index (χ1n) is 3.97. The predicted octanol–water partition coefficient (Wildman–Crippen LogP) is 0.296. The van der Waals surface area contributed by atoms with E-state index < -0.39 is 9.05 Å². The molecular weight excluding hydrogens is 164 g/mol. The summed E-state index contributed by atoms with van der Waals surface area (Å²) in [6.45, 7) is 2.86. The molecular formula is C6H12O4Si. The van der Waals surface area contributed by atoms with Gasteiger partial charge in [-0.05, 0) is 12.8 Å². The van der Waals surface area contributed by atoms with Crippen LogP contribution in [0.2, 0.25) is 0 Å². The molecule has 2 saturated heterocycles. The maximum Gasteiger partial charge on any atom is 0.679 e. The highest BCUT2D eigenvalue weighted by molar-refractivity contribution is 6.53. The van der Waals surface area contributed by atoms with E-state index in [0.717, 1.165) is 12.8 Å². The van der Waals surface area contributed by atoms with Gasteiger partial charge in [0.05, 0.1) is 0 Å². The molecule has 0 aliphatic carbocycles. The summed E-state index contributed by atoms with van der Waals surface area (Å²) < 4.78 is 21.5. The Morgan fingerprint density at radius 2 is 1.00 bits per heavy atom. The molecule has 0 amide bonds. The summed E-state index contributed by atoms with van der Waals surface area (Å²) in [6, 6.07) is 0. The fourth-order valence-corrected chi connectivity index (χ4v) is 3.23. The molecule has 1 spiro atoms. The molecule has 64 valence electrons. The minimum atomic E-state index is -2.57. The predicted molar refractivity (Wildman–Crippen MR) is 38.8 cm³/mol. The molecule has 5 heteroatoms. The summed E-state index contributed by atoms with van der Waals surface area (Å²) in [5, 5.41) is 0. The van der Waals surface area contributed by atoms with Crippen molar-refractivity contribution < 1.29 is 17.7 Å². The molecule has 2 rings (SSSR count). The average Bonchev–Trinajstić information content (AvgIpc) is 2.07. The van der Waals surface area contributed by atoms with E-state index >= 15 is 0 Å². The second-order valence-corrected chi connectivity index (χ2v) is 4.76. The zero-order valence-electron chi connectivity index (χ0n) is 6.38. The third-order valence-corrected chi connectivity index (χ3v) is 3.92. The molecule has 4 nitrogen and oxygen atoms in total. The molecule has 0 unspecified atom stereocenters. The average molecular weight is 176 g/mol. The minimum absolute atomic E-state index is 0.715. The Balaban J connectivity index is 1.94. The smallest absolute Gasteiger partial charge is 0.351 e. The van der Waals surface area contributed by atoms with Gasteiger partial charge in [-0.25, -0.2) is 0 Å². The molecule has 0 atom stereocenters. The summed E-state index contributed by atoms with van der Waals surface area (Å²) in [7, 11) is -2.57. The lowest BCUT2D eigenvalue weighted by atomic mass is 10.5. The van der Waals surface area contributed by atoms with Gasteiger partial charge in [0.2, 0.25) is 0 Å². The topological polar surface area (TPSA) is 36.9 Å². The molecule has 0 aromatic heterocycles. The van der Waals surface area contributed by atoms with Crippen LogP contribution in [0.5, 0.6) is 0 Å². The van der Waals surface area contributed by atoms with Gasteiger partial charge in [-0.3, -0.25) is 0 Å². The van der Waals surface area contributed by atoms with Crippen molar-refractivity contribution in [2.45, 2.75) is 12.8 Å². The van der Waals surface area contributed by atoms with Crippen LogP contribution in [0, 0.1) is 0 Å². The number of hydrogen-bond donors (Lipinski definition) is 0. The lowest BCUT2D eigenvalue weighted by Crippen LogP contribution is -2.54. The van der Waals surface area contributed by atoms with Crippen molar-refractivity contribution in [1.29, 1.82) is 0 Å². The highest BCUT2D eigenvalue weighted by Crippen LogP contribution is 2.20. The van der Waals surface area contributed by atoms with E-state index in [-0.39, 0.29) is 0 Å². The standard InChI is InChI=1S/C6H12O4Si/c1-3-7-11(8-4-1)9-5-2-6-10-11/h1-6H2. The second-order valence-electron chi connectivity index (χ2n) is 2.60. The van der Waals surface area contributed by atoms with Gasteiger partial charge in [-0.15, -0.1) is 0 Å². The Kier molecular flexibility index (Phi) is 2.24. The van der Waals surface area contributed by atoms with Crippen molar-refractivity contribution in [1.82, 2.24) is 0 Å². The van der Waals surface area contributed by atoms with Gasteiger partial charge in [0.25, 0.3) is 0 Å². The van der Waals surface area contributed by atoms with Crippen LogP contribution in [-0.4, -0.2) is 35.5 Å². The molecule has 0 N–H and O–H groups in total. The van der Waals surface area contributed by atoms with Crippen molar-refractivity contribution in [2.75, 3.05) is 26.4 Å². The Morgan fingerprint density at radius 3 is 1.36 bits per heavy atom. The molecule has 2 fully saturated rings. The quantitative estimate of drug-likeness (QED) is 0.497. The van der Waals surface area contributed by atoms with Crippen LogP contribution >= 0.6 is 0 Å². The number of hydrogen-bond acceptors (Lipinski definition) is 4. The molecule has 2 aliphatic heterocycles. The summed E-state index contributed by atoms with van der Waals surface area (Å²) in [6.07, 6.45) is 1.89. The van der Waals surface area contributed by atoms with Crippen molar-refractivity contribution in [3.8, 4) is 0 Å². The lowest BCUT2D eigenvalue weighted by Gasteiger charge is -2.33. The van der Waals surface area contributed by atoms with Gasteiger partial charge in [-0.2, -0.15) is 0 Å². The third kappa shape index (κ3) is 1.62. The molecule has 0 aromatic rings. The molecule has 2 heterocycles. The van der Waals surface area contributed by atoms with Crippen LogP contribution in [0.25, 0.3) is 0 Å². The Labute approximate surface area is 66.9 Å². The largest absolute Gasteiger partial charge is 0.679 e. The Morgan fingerprint density at radius 1 is 0.636 bits per heavy atom. The van der Waals surface area contributed by atoms with E-state index in [0.29, 0.717) is 26.4 Å². The van der Waals surface area contributed by atoms with E-state index in [1.165, 1.54) is 0 Å². The highest BCUT2D eigenvalue weighted by Gasteiger charge is 2.49. The van der Waals surface area contributed by atoms with Crippen molar-refractivity contribution in [3.63, 3.8) is 0 Å². The van der Waals surface area contributed by atoms with Crippen LogP contribution in [0.1, 0.15) is 12.8 Å². The minimum Gasteiger partial charge on any atom is -0.351 e. The highest BCUT2D eigenvalue weighted by atomic mass is 28.4. The van der Waals surface area contributed by atoms with E-state index in [4.69, 9.17) is 17.7 Å². The van der Waals surface area contributed by atoms with E-state index in [2.05, 4.69) is 0 Å². The van der Waals surface area contributed by atoms with Crippen LogP contribution in [-0.2, 0) is 17.7 Å². The van der Waals surface area contributed by atoms with Gasteiger partial charge in [0.15, 0.2) is 0 Å². The summed E-state index contributed by atoms with van der Waals surface area (Å²) >= 11 is 0. The fraction of sp³-hybridized carbons (Fsp3) is 1.00. The van der Waals surface area contributed by atoms with E-state index in [9.17, 15) is 0 Å². The summed E-state index contributed by atoms with van der Waals surface area (Å²) in [5.74, 6) is 0. The summed E-state index contributed by atoms with van der Waals surface area (Å²) in [5.41, 5.74) is 0. The van der Waals surface area contributed by atoms with Crippen molar-refractivity contribution in [3.05, 3.63) is 0 Å². The van der Waals surface area contributed by atoms with E-state index in [1.54, 1.807) is 0 Å². The maximum atomic E-state index is 5.38. The van der Waals surface area contributed by atoms with E-state index in [1.807, 2.05) is 0 Å². The van der Waals surface area contributed by atoms with Gasteiger partial charge < -0.3 is 17.7 Å². The van der Waals surface area contributed by atoms with Crippen LogP contribution in [0.3, 0.4) is 0 Å². The van der Waals surface area contributed by atoms with Gasteiger partial charge in [-0.1, -0.05) is 0 Å². The van der Waals surface area contributed by atoms with Crippen LogP contribution in [0.4, 0.5) is 0 Å². The maximum absolute atomic E-state index is 5.38. The van der Waals surface area contributed by atoms with Crippen LogP contribution in [0.15, 0.2) is 0 Å². The molecule has 0 bridgehead atoms. The Hall–Kier alpha value is 0.0569. The molecule has 2 aliphatic rings. The molecule has 0 saturated carbocycles. The first kappa shape index (κ1) is 7.69. The monoisotopic (exact) mass is 176 g/mol. The van der Waals surface area contributed by atoms with Crippen molar-refractivity contribution in [2.24, 2.45) is 0 Å². The number of rotatable bonds is 0. The zero-order valence-corrected chi connectivity index (χ0v) is 7.38. The van der Waals surface area contributed by atoms with Gasteiger partial charge in [0.1, 0.15) is 0 Å². The molecule has 0 radical (unpaired) electrons. The zero-order chi connectivity index (χ0) is 7.57. The SMILES string of the molecule is C1CO[Si]2(OC1)OCCCO2. The second kappa shape index (κ2) is 3.20. The third-order valence-electron chi connectivity index (χ3n) is 1.69. The van der Waals surface area contributed by atoms with Crippen molar-refractivity contribution >= 4 is 9.05 Å². The molecule has 0 aromatic carbocycles.